The summed E-state index contributed by atoms with van der Waals surface area (Å²) < 4.78 is 17.0. The molecular weight excluding hydrogens is 230 g/mol. The molecule has 0 N–H and O–H groups in total. The van der Waals surface area contributed by atoms with Crippen molar-refractivity contribution < 1.29 is 14.2 Å². The number of hydrogen-bond acceptors (Lipinski definition) is 4. The van der Waals surface area contributed by atoms with Gasteiger partial charge in [0.2, 0.25) is 0 Å². The van der Waals surface area contributed by atoms with Gasteiger partial charge in [-0.25, -0.2) is 0 Å². The summed E-state index contributed by atoms with van der Waals surface area (Å²) in [5, 5.41) is 0. The lowest BCUT2D eigenvalue weighted by molar-refractivity contribution is -0.184. The van der Waals surface area contributed by atoms with Crippen LogP contribution in [0.1, 0.15) is 38.5 Å². The smallest absolute Gasteiger partial charge is 0.168 e. The van der Waals surface area contributed by atoms with Gasteiger partial charge in [-0.3, -0.25) is 0 Å². The molecule has 3 aliphatic rings. The van der Waals surface area contributed by atoms with E-state index in [2.05, 4.69) is 11.9 Å². The van der Waals surface area contributed by atoms with Gasteiger partial charge in [-0.15, -0.1) is 0 Å². The molecule has 3 fully saturated rings. The van der Waals surface area contributed by atoms with Crippen molar-refractivity contribution in [2.45, 2.75) is 56.4 Å². The van der Waals surface area contributed by atoms with Crippen LogP contribution in [0.2, 0.25) is 0 Å². The minimum atomic E-state index is -0.215. The van der Waals surface area contributed by atoms with Crippen LogP contribution in [0.4, 0.5) is 0 Å². The summed E-state index contributed by atoms with van der Waals surface area (Å²) in [6.07, 6.45) is 6.90. The van der Waals surface area contributed by atoms with E-state index in [0.717, 1.165) is 39.3 Å². The highest BCUT2D eigenvalue weighted by atomic mass is 16.7. The summed E-state index contributed by atoms with van der Waals surface area (Å²) in [4.78, 5) is 2.59. The predicted octanol–water partition coefficient (Wildman–Crippen LogP) is 1.78. The monoisotopic (exact) mass is 255 g/mol. The standard InChI is InChI=1S/C14H25NO3/c1-15(13-4-8-16-9-5-13)12-2-6-14(7-3-12)17-10-11-18-14/h12-13H,2-11H2,1H3. The molecule has 0 aromatic rings. The van der Waals surface area contributed by atoms with E-state index >= 15 is 0 Å². The largest absolute Gasteiger partial charge is 0.381 e. The Hall–Kier alpha value is -0.160. The summed E-state index contributed by atoms with van der Waals surface area (Å²) in [5.41, 5.74) is 0. The normalized spacial score (nSPS) is 30.3. The third-order valence-corrected chi connectivity index (χ3v) is 4.87. The van der Waals surface area contributed by atoms with Crippen molar-refractivity contribution in [3.63, 3.8) is 0 Å². The second-order valence-electron chi connectivity index (χ2n) is 5.85. The van der Waals surface area contributed by atoms with Crippen LogP contribution >= 0.6 is 0 Å². The highest BCUT2D eigenvalue weighted by Crippen LogP contribution is 2.37. The van der Waals surface area contributed by atoms with E-state index in [0.29, 0.717) is 12.1 Å². The Bertz CT molecular complexity index is 262. The average molecular weight is 255 g/mol. The van der Waals surface area contributed by atoms with Crippen molar-refractivity contribution in [3.05, 3.63) is 0 Å². The molecule has 0 aromatic heterocycles. The van der Waals surface area contributed by atoms with Crippen LogP contribution in [0.5, 0.6) is 0 Å². The van der Waals surface area contributed by atoms with Gasteiger partial charge in [-0.05, 0) is 32.7 Å². The van der Waals surface area contributed by atoms with Crippen LogP contribution in [-0.4, -0.2) is 56.2 Å². The van der Waals surface area contributed by atoms with Crippen LogP contribution < -0.4 is 0 Å². The first-order chi connectivity index (χ1) is 8.79. The van der Waals surface area contributed by atoms with E-state index in [1.165, 1.54) is 25.7 Å². The van der Waals surface area contributed by atoms with Gasteiger partial charge in [0.05, 0.1) is 13.2 Å². The molecule has 0 bridgehead atoms. The Morgan fingerprint density at radius 1 is 0.833 bits per heavy atom. The Morgan fingerprint density at radius 3 is 2.00 bits per heavy atom. The molecule has 2 saturated heterocycles. The van der Waals surface area contributed by atoms with Crippen molar-refractivity contribution in [2.24, 2.45) is 0 Å². The zero-order valence-corrected chi connectivity index (χ0v) is 11.4. The first-order valence-corrected chi connectivity index (χ1v) is 7.37. The average Bonchev–Trinajstić information content (AvgIpc) is 2.88. The van der Waals surface area contributed by atoms with Gasteiger partial charge in [0, 0.05) is 38.1 Å². The molecule has 2 aliphatic heterocycles. The van der Waals surface area contributed by atoms with Crippen LogP contribution in [-0.2, 0) is 14.2 Å². The zero-order chi connectivity index (χ0) is 12.4. The Balaban J connectivity index is 1.52. The third-order valence-electron chi connectivity index (χ3n) is 4.87. The van der Waals surface area contributed by atoms with Gasteiger partial charge < -0.3 is 19.1 Å². The highest BCUT2D eigenvalue weighted by molar-refractivity contribution is 4.88. The fourth-order valence-electron chi connectivity index (χ4n) is 3.63. The van der Waals surface area contributed by atoms with E-state index in [4.69, 9.17) is 14.2 Å². The van der Waals surface area contributed by atoms with E-state index in [-0.39, 0.29) is 5.79 Å². The molecule has 0 radical (unpaired) electrons. The van der Waals surface area contributed by atoms with Gasteiger partial charge in [0.1, 0.15) is 0 Å². The Kier molecular flexibility index (Phi) is 3.89. The van der Waals surface area contributed by atoms with Crippen molar-refractivity contribution >= 4 is 0 Å². The van der Waals surface area contributed by atoms with Crippen LogP contribution in [0.3, 0.4) is 0 Å². The maximum atomic E-state index is 5.79. The summed E-state index contributed by atoms with van der Waals surface area (Å²) in [7, 11) is 2.29. The lowest BCUT2D eigenvalue weighted by Gasteiger charge is -2.42. The topological polar surface area (TPSA) is 30.9 Å². The van der Waals surface area contributed by atoms with Gasteiger partial charge in [-0.1, -0.05) is 0 Å². The molecule has 2 heterocycles. The fraction of sp³-hybridized carbons (Fsp3) is 1.00. The van der Waals surface area contributed by atoms with Gasteiger partial charge >= 0.3 is 0 Å². The molecule has 0 atom stereocenters. The fourth-order valence-corrected chi connectivity index (χ4v) is 3.63. The summed E-state index contributed by atoms with van der Waals surface area (Å²) in [6, 6.07) is 1.41. The molecule has 4 heteroatoms. The van der Waals surface area contributed by atoms with E-state index in [1.54, 1.807) is 0 Å². The van der Waals surface area contributed by atoms with Crippen LogP contribution in [0.25, 0.3) is 0 Å². The number of ether oxygens (including phenoxy) is 3. The van der Waals surface area contributed by atoms with Gasteiger partial charge in [0.15, 0.2) is 5.79 Å². The lowest BCUT2D eigenvalue weighted by atomic mass is 9.88. The molecule has 1 spiro atoms. The molecule has 4 nitrogen and oxygen atoms in total. The van der Waals surface area contributed by atoms with E-state index < -0.39 is 0 Å². The molecule has 104 valence electrons. The predicted molar refractivity (Wildman–Crippen MR) is 68.5 cm³/mol. The molecule has 1 aliphatic carbocycles. The second-order valence-corrected chi connectivity index (χ2v) is 5.85. The van der Waals surface area contributed by atoms with Crippen molar-refractivity contribution in [3.8, 4) is 0 Å². The van der Waals surface area contributed by atoms with E-state index in [1.807, 2.05) is 0 Å². The number of nitrogens with zero attached hydrogens (tertiary/aromatic N) is 1. The summed E-state index contributed by atoms with van der Waals surface area (Å²) >= 11 is 0. The van der Waals surface area contributed by atoms with Crippen LogP contribution in [0.15, 0.2) is 0 Å². The summed E-state index contributed by atoms with van der Waals surface area (Å²) in [6.45, 7) is 3.41. The quantitative estimate of drug-likeness (QED) is 0.752. The first kappa shape index (κ1) is 12.9. The Morgan fingerprint density at radius 2 is 1.39 bits per heavy atom. The zero-order valence-electron chi connectivity index (χ0n) is 11.4. The second kappa shape index (κ2) is 5.45. The molecule has 0 unspecified atom stereocenters. The molecule has 1 saturated carbocycles. The number of hydrogen-bond donors (Lipinski definition) is 0. The molecular formula is C14H25NO3. The SMILES string of the molecule is CN(C1CCOCC1)C1CCC2(CC1)OCCO2. The van der Waals surface area contributed by atoms with Crippen molar-refractivity contribution in [2.75, 3.05) is 33.5 Å². The molecule has 0 aromatic carbocycles. The molecule has 0 amide bonds. The van der Waals surface area contributed by atoms with Crippen LogP contribution in [0, 0.1) is 0 Å². The number of rotatable bonds is 2. The highest BCUT2D eigenvalue weighted by Gasteiger charge is 2.41. The van der Waals surface area contributed by atoms with Gasteiger partial charge in [0.25, 0.3) is 0 Å². The van der Waals surface area contributed by atoms with Crippen molar-refractivity contribution in [1.29, 1.82) is 0 Å². The third kappa shape index (κ3) is 2.57. The van der Waals surface area contributed by atoms with E-state index in [9.17, 15) is 0 Å². The molecule has 18 heavy (non-hydrogen) atoms. The first-order valence-electron chi connectivity index (χ1n) is 7.37. The maximum absolute atomic E-state index is 5.79. The van der Waals surface area contributed by atoms with Crippen molar-refractivity contribution in [1.82, 2.24) is 4.90 Å². The van der Waals surface area contributed by atoms with Gasteiger partial charge in [-0.2, -0.15) is 0 Å². The molecule has 3 rings (SSSR count). The Labute approximate surface area is 110 Å². The lowest BCUT2D eigenvalue weighted by Crippen LogP contribution is -2.47. The minimum absolute atomic E-state index is 0.215. The summed E-state index contributed by atoms with van der Waals surface area (Å²) in [5.74, 6) is -0.215. The minimum Gasteiger partial charge on any atom is -0.381 e. The maximum Gasteiger partial charge on any atom is 0.168 e.